The number of likely N-dealkylation sites (tertiary alicyclic amines) is 1. The Morgan fingerprint density at radius 2 is 1.90 bits per heavy atom. The summed E-state index contributed by atoms with van der Waals surface area (Å²) in [6, 6.07) is 0.151. The van der Waals surface area contributed by atoms with E-state index >= 15 is 0 Å². The first-order valence-corrected chi connectivity index (χ1v) is 7.77. The zero-order valence-electron chi connectivity index (χ0n) is 12.5. The molecule has 1 heterocycles. The maximum Gasteiger partial charge on any atom is 0.317 e. The molecule has 2 rings (SSSR count). The fourth-order valence-electron chi connectivity index (χ4n) is 3.40. The number of carboxylic acids is 1. The molecule has 2 N–H and O–H groups in total. The van der Waals surface area contributed by atoms with Crippen LogP contribution in [-0.4, -0.2) is 41.1 Å². The highest BCUT2D eigenvalue weighted by Gasteiger charge is 2.32. The lowest BCUT2D eigenvalue weighted by molar-refractivity contribution is -0.143. The van der Waals surface area contributed by atoms with Gasteiger partial charge in [0, 0.05) is 19.1 Å². The molecule has 1 aliphatic heterocycles. The van der Waals surface area contributed by atoms with Crippen LogP contribution < -0.4 is 5.32 Å². The van der Waals surface area contributed by atoms with Gasteiger partial charge in [-0.05, 0) is 31.1 Å². The number of hydrogen-bond donors (Lipinski definition) is 2. The fraction of sp³-hybridized carbons (Fsp3) is 0.867. The van der Waals surface area contributed by atoms with E-state index in [0.717, 1.165) is 19.3 Å². The van der Waals surface area contributed by atoms with Gasteiger partial charge in [0.1, 0.15) is 0 Å². The Hall–Kier alpha value is -1.26. The number of carbonyl (C=O) groups excluding carboxylic acids is 1. The van der Waals surface area contributed by atoms with Crippen molar-refractivity contribution in [2.24, 2.45) is 17.8 Å². The molecule has 2 fully saturated rings. The number of carbonyl (C=O) groups is 2. The van der Waals surface area contributed by atoms with E-state index in [1.807, 2.05) is 0 Å². The van der Waals surface area contributed by atoms with E-state index in [0.29, 0.717) is 31.3 Å². The van der Waals surface area contributed by atoms with Crippen LogP contribution in [0.25, 0.3) is 0 Å². The van der Waals surface area contributed by atoms with Gasteiger partial charge in [0.25, 0.3) is 0 Å². The van der Waals surface area contributed by atoms with Gasteiger partial charge in [-0.25, -0.2) is 4.79 Å². The molecule has 2 aliphatic rings. The summed E-state index contributed by atoms with van der Waals surface area (Å²) in [5.41, 5.74) is 0. The summed E-state index contributed by atoms with van der Waals surface area (Å²) < 4.78 is 0. The molecule has 1 saturated heterocycles. The standard InChI is InChI=1S/C15H26N2O3/c1-10-5-3-7-13(11(10)2)16-15(20)17-8-4-6-12(9-17)14(18)19/h10-13H,3-9H2,1-2H3,(H,16,20)(H,18,19)/t10?,11?,12-,13?/m1/s1. The Labute approximate surface area is 120 Å². The SMILES string of the molecule is CC1CCCC(NC(=O)N2CCC[C@@H](C(=O)O)C2)C1C. The molecule has 1 aliphatic carbocycles. The van der Waals surface area contributed by atoms with E-state index in [4.69, 9.17) is 5.11 Å². The average molecular weight is 282 g/mol. The van der Waals surface area contributed by atoms with Crippen molar-refractivity contribution in [2.45, 2.75) is 52.0 Å². The van der Waals surface area contributed by atoms with Gasteiger partial charge in [0.05, 0.1) is 5.92 Å². The highest BCUT2D eigenvalue weighted by molar-refractivity contribution is 5.76. The van der Waals surface area contributed by atoms with Crippen LogP contribution in [0.4, 0.5) is 4.79 Å². The quantitative estimate of drug-likeness (QED) is 0.816. The zero-order chi connectivity index (χ0) is 14.7. The minimum atomic E-state index is -0.790. The number of nitrogens with zero attached hydrogens (tertiary/aromatic N) is 1. The van der Waals surface area contributed by atoms with Crippen molar-refractivity contribution in [3.05, 3.63) is 0 Å². The van der Waals surface area contributed by atoms with Crippen LogP contribution in [0.3, 0.4) is 0 Å². The van der Waals surface area contributed by atoms with Crippen LogP contribution in [0.5, 0.6) is 0 Å². The van der Waals surface area contributed by atoms with Crippen molar-refractivity contribution in [1.29, 1.82) is 0 Å². The number of nitrogens with one attached hydrogen (secondary N) is 1. The Morgan fingerprint density at radius 3 is 2.60 bits per heavy atom. The number of aliphatic carboxylic acids is 1. The molecule has 4 atom stereocenters. The molecule has 0 radical (unpaired) electrons. The van der Waals surface area contributed by atoms with Crippen molar-refractivity contribution in [2.75, 3.05) is 13.1 Å². The van der Waals surface area contributed by atoms with E-state index in [1.165, 1.54) is 6.42 Å². The summed E-state index contributed by atoms with van der Waals surface area (Å²) in [6.07, 6.45) is 4.89. The second kappa shape index (κ2) is 6.46. The van der Waals surface area contributed by atoms with E-state index in [1.54, 1.807) is 4.90 Å². The molecule has 114 valence electrons. The van der Waals surface area contributed by atoms with Gasteiger partial charge in [-0.3, -0.25) is 4.79 Å². The molecule has 0 bridgehead atoms. The number of amides is 2. The molecule has 1 saturated carbocycles. The molecular formula is C15H26N2O3. The first-order chi connectivity index (χ1) is 9.49. The number of urea groups is 1. The molecule has 0 aromatic carbocycles. The predicted octanol–water partition coefficient (Wildman–Crippen LogP) is 2.32. The normalized spacial score (nSPS) is 34.6. The van der Waals surface area contributed by atoms with Crippen molar-refractivity contribution in [3.8, 4) is 0 Å². The van der Waals surface area contributed by atoms with Crippen molar-refractivity contribution >= 4 is 12.0 Å². The third-order valence-electron chi connectivity index (χ3n) is 5.07. The van der Waals surface area contributed by atoms with E-state index in [9.17, 15) is 9.59 Å². The van der Waals surface area contributed by atoms with Crippen LogP contribution >= 0.6 is 0 Å². The highest BCUT2D eigenvalue weighted by atomic mass is 16.4. The lowest BCUT2D eigenvalue weighted by Crippen LogP contribution is -2.52. The number of rotatable bonds is 2. The van der Waals surface area contributed by atoms with Crippen molar-refractivity contribution in [1.82, 2.24) is 10.2 Å². The second-order valence-corrected chi connectivity index (χ2v) is 6.45. The molecule has 20 heavy (non-hydrogen) atoms. The van der Waals surface area contributed by atoms with Crippen LogP contribution in [0, 0.1) is 17.8 Å². The minimum absolute atomic E-state index is 0.0816. The summed E-state index contributed by atoms with van der Waals surface area (Å²) in [6.45, 7) is 5.46. The molecule has 5 nitrogen and oxygen atoms in total. The maximum absolute atomic E-state index is 12.3. The summed E-state index contributed by atoms with van der Waals surface area (Å²) in [7, 11) is 0. The maximum atomic E-state index is 12.3. The van der Waals surface area contributed by atoms with E-state index in [-0.39, 0.29) is 12.1 Å². The molecular weight excluding hydrogens is 256 g/mol. The van der Waals surface area contributed by atoms with Crippen LogP contribution in [0.1, 0.15) is 46.0 Å². The van der Waals surface area contributed by atoms with E-state index in [2.05, 4.69) is 19.2 Å². The van der Waals surface area contributed by atoms with Gasteiger partial charge in [-0.2, -0.15) is 0 Å². The van der Waals surface area contributed by atoms with Gasteiger partial charge in [-0.15, -0.1) is 0 Å². The Morgan fingerprint density at radius 1 is 1.15 bits per heavy atom. The first kappa shape index (κ1) is 15.1. The van der Waals surface area contributed by atoms with Crippen LogP contribution in [0.15, 0.2) is 0 Å². The molecule has 2 amide bonds. The Balaban J connectivity index is 1.89. The van der Waals surface area contributed by atoms with Gasteiger partial charge >= 0.3 is 12.0 Å². The Kier molecular flexibility index (Phi) is 4.89. The number of hydrogen-bond acceptors (Lipinski definition) is 2. The minimum Gasteiger partial charge on any atom is -0.481 e. The van der Waals surface area contributed by atoms with Crippen LogP contribution in [0.2, 0.25) is 0 Å². The predicted molar refractivity (Wildman–Crippen MR) is 76.4 cm³/mol. The van der Waals surface area contributed by atoms with Crippen molar-refractivity contribution < 1.29 is 14.7 Å². The smallest absolute Gasteiger partial charge is 0.317 e. The summed E-state index contributed by atoms with van der Waals surface area (Å²) in [5, 5.41) is 12.2. The topological polar surface area (TPSA) is 69.6 Å². The Bertz CT molecular complexity index is 372. The summed E-state index contributed by atoms with van der Waals surface area (Å²) in [4.78, 5) is 25.0. The lowest BCUT2D eigenvalue weighted by atomic mass is 9.78. The summed E-state index contributed by atoms with van der Waals surface area (Å²) in [5.74, 6) is -0.0608. The zero-order valence-corrected chi connectivity index (χ0v) is 12.5. The molecule has 0 aromatic heterocycles. The highest BCUT2D eigenvalue weighted by Crippen LogP contribution is 2.29. The summed E-state index contributed by atoms with van der Waals surface area (Å²) >= 11 is 0. The number of carboxylic acid groups (broad SMARTS) is 1. The van der Waals surface area contributed by atoms with Gasteiger partial charge < -0.3 is 15.3 Å². The van der Waals surface area contributed by atoms with Gasteiger partial charge in [-0.1, -0.05) is 26.7 Å². The molecule has 5 heteroatoms. The van der Waals surface area contributed by atoms with Gasteiger partial charge in [0.2, 0.25) is 0 Å². The lowest BCUT2D eigenvalue weighted by Gasteiger charge is -2.37. The largest absolute Gasteiger partial charge is 0.481 e. The third-order valence-corrected chi connectivity index (χ3v) is 5.07. The second-order valence-electron chi connectivity index (χ2n) is 6.45. The van der Waals surface area contributed by atoms with Crippen molar-refractivity contribution in [3.63, 3.8) is 0 Å². The average Bonchev–Trinajstić information content (AvgIpc) is 2.44. The molecule has 0 spiro atoms. The van der Waals surface area contributed by atoms with Gasteiger partial charge in [0.15, 0.2) is 0 Å². The number of piperidine rings is 1. The van der Waals surface area contributed by atoms with E-state index < -0.39 is 11.9 Å². The van der Waals surface area contributed by atoms with Crippen LogP contribution in [-0.2, 0) is 4.79 Å². The molecule has 3 unspecified atom stereocenters. The fourth-order valence-corrected chi connectivity index (χ4v) is 3.40. The monoisotopic (exact) mass is 282 g/mol. The first-order valence-electron chi connectivity index (χ1n) is 7.77. The molecule has 0 aromatic rings. The third kappa shape index (κ3) is 3.44.